The average molecular weight is 345 g/mol. The number of para-hydroxylation sites is 1. The summed E-state index contributed by atoms with van der Waals surface area (Å²) in [6.45, 7) is 0.266. The summed E-state index contributed by atoms with van der Waals surface area (Å²) in [4.78, 5) is 0.0107. The molecule has 0 aliphatic carbocycles. The largest absolute Gasteiger partial charge is 0.573 e. The van der Waals surface area contributed by atoms with Crippen molar-refractivity contribution in [1.82, 2.24) is 0 Å². The molecule has 8 heteroatoms. The lowest BCUT2D eigenvalue weighted by Gasteiger charge is -2.13. The van der Waals surface area contributed by atoms with Crippen LogP contribution >= 0.6 is 0 Å². The highest BCUT2D eigenvalue weighted by molar-refractivity contribution is 7.90. The molecule has 0 radical (unpaired) electrons. The molecule has 0 saturated carbocycles. The van der Waals surface area contributed by atoms with Crippen LogP contribution in [0.2, 0.25) is 0 Å². The zero-order valence-corrected chi connectivity index (χ0v) is 12.7. The molecule has 2 aromatic carbocycles. The van der Waals surface area contributed by atoms with Gasteiger partial charge in [0.05, 0.1) is 10.6 Å². The second-order valence-corrected chi connectivity index (χ2v) is 6.75. The third-order valence-corrected chi connectivity index (χ3v) is 4.74. The van der Waals surface area contributed by atoms with Crippen molar-refractivity contribution in [1.29, 1.82) is 0 Å². The second kappa shape index (κ2) is 6.59. The average Bonchev–Trinajstić information content (AvgIpc) is 2.48. The molecule has 0 aromatic heterocycles. The van der Waals surface area contributed by atoms with Crippen molar-refractivity contribution in [2.24, 2.45) is 5.73 Å². The van der Waals surface area contributed by atoms with Crippen LogP contribution in [0.15, 0.2) is 53.4 Å². The maximum atomic E-state index is 12.4. The number of alkyl halides is 3. The van der Waals surface area contributed by atoms with Crippen LogP contribution < -0.4 is 10.5 Å². The molecule has 124 valence electrons. The van der Waals surface area contributed by atoms with E-state index < -0.39 is 27.7 Å². The SMILES string of the molecule is NCc1ccc(S(=O)(=O)Cc2ccccc2OC(F)(F)F)cc1. The summed E-state index contributed by atoms with van der Waals surface area (Å²) in [5.74, 6) is -1.12. The Labute approximate surface area is 131 Å². The van der Waals surface area contributed by atoms with Gasteiger partial charge >= 0.3 is 6.36 Å². The Morgan fingerprint density at radius 2 is 1.61 bits per heavy atom. The monoisotopic (exact) mass is 345 g/mol. The first kappa shape index (κ1) is 17.3. The summed E-state index contributed by atoms with van der Waals surface area (Å²) in [6, 6.07) is 11.0. The van der Waals surface area contributed by atoms with Crippen molar-refractivity contribution in [3.8, 4) is 5.75 Å². The molecular formula is C15H14F3NO3S. The highest BCUT2D eigenvalue weighted by atomic mass is 32.2. The van der Waals surface area contributed by atoms with Gasteiger partial charge in [-0.3, -0.25) is 0 Å². The first-order valence-corrected chi connectivity index (χ1v) is 8.22. The van der Waals surface area contributed by atoms with Crippen LogP contribution in [-0.2, 0) is 22.1 Å². The van der Waals surface area contributed by atoms with Gasteiger partial charge in [-0.2, -0.15) is 0 Å². The van der Waals surface area contributed by atoms with E-state index in [1.165, 1.54) is 30.3 Å². The first-order valence-electron chi connectivity index (χ1n) is 6.57. The number of hydrogen-bond donors (Lipinski definition) is 1. The molecular weight excluding hydrogens is 331 g/mol. The lowest BCUT2D eigenvalue weighted by atomic mass is 10.2. The summed E-state index contributed by atoms with van der Waals surface area (Å²) >= 11 is 0. The van der Waals surface area contributed by atoms with Gasteiger partial charge in [-0.05, 0) is 23.8 Å². The highest BCUT2D eigenvalue weighted by Gasteiger charge is 2.32. The molecule has 2 aromatic rings. The molecule has 0 bridgehead atoms. The third-order valence-electron chi connectivity index (χ3n) is 3.06. The van der Waals surface area contributed by atoms with E-state index in [4.69, 9.17) is 5.73 Å². The summed E-state index contributed by atoms with van der Waals surface area (Å²) in [5.41, 5.74) is 6.13. The van der Waals surface area contributed by atoms with Gasteiger partial charge in [-0.25, -0.2) is 8.42 Å². The number of rotatable bonds is 5. The maximum absolute atomic E-state index is 12.4. The minimum atomic E-state index is -4.89. The van der Waals surface area contributed by atoms with E-state index in [1.807, 2.05) is 0 Å². The summed E-state index contributed by atoms with van der Waals surface area (Å²) in [5, 5.41) is 0. The lowest BCUT2D eigenvalue weighted by molar-refractivity contribution is -0.274. The lowest BCUT2D eigenvalue weighted by Crippen LogP contribution is -2.18. The standard InChI is InChI=1S/C15H14F3NO3S/c16-15(17,18)22-14-4-2-1-3-12(14)10-23(20,21)13-7-5-11(9-19)6-8-13/h1-8H,9-10,19H2. The van der Waals surface area contributed by atoms with Crippen LogP contribution in [0.4, 0.5) is 13.2 Å². The van der Waals surface area contributed by atoms with Crippen molar-refractivity contribution < 1.29 is 26.3 Å². The molecule has 4 nitrogen and oxygen atoms in total. The Morgan fingerprint density at radius 3 is 2.17 bits per heavy atom. The number of nitrogens with two attached hydrogens (primary N) is 1. The van der Waals surface area contributed by atoms with Gasteiger partial charge in [0, 0.05) is 12.1 Å². The zero-order chi connectivity index (χ0) is 17.1. The molecule has 0 saturated heterocycles. The first-order chi connectivity index (χ1) is 10.7. The maximum Gasteiger partial charge on any atom is 0.573 e. The van der Waals surface area contributed by atoms with E-state index in [1.54, 1.807) is 12.1 Å². The summed E-state index contributed by atoms with van der Waals surface area (Å²) in [6.07, 6.45) is -4.89. The summed E-state index contributed by atoms with van der Waals surface area (Å²) in [7, 11) is -3.80. The van der Waals surface area contributed by atoms with Crippen LogP contribution in [-0.4, -0.2) is 14.8 Å². The predicted molar refractivity (Wildman–Crippen MR) is 78.3 cm³/mol. The van der Waals surface area contributed by atoms with Crippen LogP contribution in [0.25, 0.3) is 0 Å². The van der Waals surface area contributed by atoms with Crippen molar-refractivity contribution in [3.05, 3.63) is 59.7 Å². The Bertz CT molecular complexity index is 771. The van der Waals surface area contributed by atoms with Crippen LogP contribution in [0.3, 0.4) is 0 Å². The molecule has 0 unspecified atom stereocenters. The third kappa shape index (κ3) is 4.70. The molecule has 0 atom stereocenters. The molecule has 0 heterocycles. The van der Waals surface area contributed by atoms with Crippen LogP contribution in [0, 0.1) is 0 Å². The Morgan fingerprint density at radius 1 is 1.00 bits per heavy atom. The Balaban J connectivity index is 2.30. The fourth-order valence-electron chi connectivity index (χ4n) is 1.97. The van der Waals surface area contributed by atoms with E-state index in [0.717, 1.165) is 11.6 Å². The summed E-state index contributed by atoms with van der Waals surface area (Å²) < 4.78 is 65.7. The molecule has 0 amide bonds. The molecule has 0 aliphatic rings. The quantitative estimate of drug-likeness (QED) is 0.904. The highest BCUT2D eigenvalue weighted by Crippen LogP contribution is 2.29. The van der Waals surface area contributed by atoms with Crippen LogP contribution in [0.1, 0.15) is 11.1 Å². The van der Waals surface area contributed by atoms with Crippen molar-refractivity contribution in [3.63, 3.8) is 0 Å². The van der Waals surface area contributed by atoms with E-state index in [-0.39, 0.29) is 17.0 Å². The normalized spacial score (nSPS) is 12.2. The van der Waals surface area contributed by atoms with Gasteiger partial charge in [-0.15, -0.1) is 13.2 Å². The fraction of sp³-hybridized carbons (Fsp3) is 0.200. The predicted octanol–water partition coefficient (Wildman–Crippen LogP) is 3.02. The van der Waals surface area contributed by atoms with Gasteiger partial charge < -0.3 is 10.5 Å². The Hall–Kier alpha value is -2.06. The van der Waals surface area contributed by atoms with Gasteiger partial charge in [0.1, 0.15) is 5.75 Å². The fourth-order valence-corrected chi connectivity index (χ4v) is 3.33. The Kier molecular flexibility index (Phi) is 4.96. The number of sulfone groups is 1. The van der Waals surface area contributed by atoms with E-state index in [9.17, 15) is 21.6 Å². The minimum Gasteiger partial charge on any atom is -0.405 e. The second-order valence-electron chi connectivity index (χ2n) is 4.76. The zero-order valence-electron chi connectivity index (χ0n) is 11.9. The molecule has 23 heavy (non-hydrogen) atoms. The molecule has 0 fully saturated rings. The van der Waals surface area contributed by atoms with Crippen molar-refractivity contribution >= 4 is 9.84 Å². The van der Waals surface area contributed by atoms with E-state index in [2.05, 4.69) is 4.74 Å². The number of halogens is 3. The minimum absolute atomic E-state index is 0.0107. The van der Waals surface area contributed by atoms with Crippen molar-refractivity contribution in [2.45, 2.75) is 23.6 Å². The number of ether oxygens (including phenoxy) is 1. The van der Waals surface area contributed by atoms with Crippen molar-refractivity contribution in [2.75, 3.05) is 0 Å². The molecule has 2 N–H and O–H groups in total. The molecule has 2 rings (SSSR count). The van der Waals surface area contributed by atoms with Crippen LogP contribution in [0.5, 0.6) is 5.75 Å². The molecule has 0 aliphatic heterocycles. The van der Waals surface area contributed by atoms with E-state index >= 15 is 0 Å². The molecule has 0 spiro atoms. The van der Waals surface area contributed by atoms with Gasteiger partial charge in [0.15, 0.2) is 9.84 Å². The van der Waals surface area contributed by atoms with Gasteiger partial charge in [-0.1, -0.05) is 30.3 Å². The van der Waals surface area contributed by atoms with E-state index in [0.29, 0.717) is 0 Å². The van der Waals surface area contributed by atoms with Gasteiger partial charge in [0.2, 0.25) is 0 Å². The smallest absolute Gasteiger partial charge is 0.405 e. The topological polar surface area (TPSA) is 69.4 Å². The number of benzene rings is 2. The number of hydrogen-bond acceptors (Lipinski definition) is 4. The van der Waals surface area contributed by atoms with Gasteiger partial charge in [0.25, 0.3) is 0 Å².